The summed E-state index contributed by atoms with van der Waals surface area (Å²) in [5.41, 5.74) is 6.79. The van der Waals surface area contributed by atoms with E-state index >= 15 is 0 Å². The third kappa shape index (κ3) is 3.91. The summed E-state index contributed by atoms with van der Waals surface area (Å²) in [6.07, 6.45) is 0.216. The zero-order valence-electron chi connectivity index (χ0n) is 10.6. The largest absolute Gasteiger partial charge is 0.493 e. The molecule has 96 valence electrons. The molecule has 0 aliphatic heterocycles. The highest BCUT2D eigenvalue weighted by Crippen LogP contribution is 2.29. The lowest BCUT2D eigenvalue weighted by molar-refractivity contribution is 0.102. The normalized spacial score (nSPS) is 14.2. The van der Waals surface area contributed by atoms with Crippen molar-refractivity contribution in [1.82, 2.24) is 0 Å². The van der Waals surface area contributed by atoms with Gasteiger partial charge in [0.1, 0.15) is 6.61 Å². The molecular formula is C13H21NO3. The molecular weight excluding hydrogens is 218 g/mol. The van der Waals surface area contributed by atoms with Crippen LogP contribution in [0.3, 0.4) is 0 Å². The predicted molar refractivity (Wildman–Crippen MR) is 67.4 cm³/mol. The lowest BCUT2D eigenvalue weighted by Crippen LogP contribution is -2.16. The molecule has 0 aromatic heterocycles. The van der Waals surface area contributed by atoms with E-state index in [-0.39, 0.29) is 12.6 Å². The Morgan fingerprint density at radius 3 is 2.59 bits per heavy atom. The second kappa shape index (κ2) is 6.47. The lowest BCUT2D eigenvalue weighted by atomic mass is 10.1. The quantitative estimate of drug-likeness (QED) is 0.795. The number of ether oxygens (including phenoxy) is 2. The van der Waals surface area contributed by atoms with Crippen LogP contribution in [0.1, 0.15) is 31.9 Å². The van der Waals surface area contributed by atoms with Crippen molar-refractivity contribution in [3.05, 3.63) is 23.8 Å². The summed E-state index contributed by atoms with van der Waals surface area (Å²) < 4.78 is 10.7. The number of hydrogen-bond donors (Lipinski definition) is 2. The molecule has 0 fully saturated rings. The predicted octanol–water partition coefficient (Wildman–Crippen LogP) is 1.86. The first-order valence-electron chi connectivity index (χ1n) is 5.82. The fourth-order valence-corrected chi connectivity index (χ4v) is 1.39. The molecule has 0 amide bonds. The van der Waals surface area contributed by atoms with Crippen LogP contribution >= 0.6 is 0 Å². The SMILES string of the molecule is CCC(O)COc1ccc(C(C)N)cc1OC. The third-order valence-corrected chi connectivity index (χ3v) is 2.62. The van der Waals surface area contributed by atoms with Crippen molar-refractivity contribution in [2.45, 2.75) is 32.4 Å². The van der Waals surface area contributed by atoms with Crippen LogP contribution < -0.4 is 15.2 Å². The first-order chi connectivity index (χ1) is 8.08. The molecule has 0 saturated carbocycles. The van der Waals surface area contributed by atoms with Gasteiger partial charge in [0.15, 0.2) is 11.5 Å². The van der Waals surface area contributed by atoms with Gasteiger partial charge < -0.3 is 20.3 Å². The van der Waals surface area contributed by atoms with Crippen molar-refractivity contribution in [1.29, 1.82) is 0 Å². The maximum atomic E-state index is 9.44. The van der Waals surface area contributed by atoms with Crippen molar-refractivity contribution in [2.75, 3.05) is 13.7 Å². The first kappa shape index (κ1) is 13.8. The molecule has 1 aromatic rings. The molecule has 4 heteroatoms. The highest BCUT2D eigenvalue weighted by Gasteiger charge is 2.09. The van der Waals surface area contributed by atoms with E-state index in [1.54, 1.807) is 7.11 Å². The monoisotopic (exact) mass is 239 g/mol. The Hall–Kier alpha value is -1.26. The molecule has 2 unspecified atom stereocenters. The Morgan fingerprint density at radius 2 is 2.06 bits per heavy atom. The van der Waals surface area contributed by atoms with Gasteiger partial charge in [0.25, 0.3) is 0 Å². The Labute approximate surface area is 102 Å². The second-order valence-electron chi connectivity index (χ2n) is 4.07. The fourth-order valence-electron chi connectivity index (χ4n) is 1.39. The van der Waals surface area contributed by atoms with E-state index < -0.39 is 6.10 Å². The molecule has 0 heterocycles. The summed E-state index contributed by atoms with van der Waals surface area (Å²) in [5.74, 6) is 1.27. The molecule has 0 spiro atoms. The summed E-state index contributed by atoms with van der Waals surface area (Å²) >= 11 is 0. The van der Waals surface area contributed by atoms with E-state index in [9.17, 15) is 5.11 Å². The smallest absolute Gasteiger partial charge is 0.161 e. The molecule has 1 aromatic carbocycles. The second-order valence-corrected chi connectivity index (χ2v) is 4.07. The van der Waals surface area contributed by atoms with E-state index in [1.165, 1.54) is 0 Å². The van der Waals surface area contributed by atoms with Gasteiger partial charge in [-0.25, -0.2) is 0 Å². The molecule has 0 saturated heterocycles. The van der Waals surface area contributed by atoms with Gasteiger partial charge in [-0.3, -0.25) is 0 Å². The minimum atomic E-state index is -0.451. The average molecular weight is 239 g/mol. The minimum Gasteiger partial charge on any atom is -0.493 e. The zero-order valence-corrected chi connectivity index (χ0v) is 10.6. The van der Waals surface area contributed by atoms with Gasteiger partial charge in [0, 0.05) is 6.04 Å². The summed E-state index contributed by atoms with van der Waals surface area (Å²) in [6, 6.07) is 5.54. The molecule has 3 N–H and O–H groups in total. The van der Waals surface area contributed by atoms with Gasteiger partial charge in [0.2, 0.25) is 0 Å². The molecule has 0 aliphatic rings. The summed E-state index contributed by atoms with van der Waals surface area (Å²) in [7, 11) is 1.59. The van der Waals surface area contributed by atoms with Crippen LogP contribution in [0, 0.1) is 0 Å². The van der Waals surface area contributed by atoms with Crippen molar-refractivity contribution < 1.29 is 14.6 Å². The Morgan fingerprint density at radius 1 is 1.35 bits per heavy atom. The van der Waals surface area contributed by atoms with E-state index in [4.69, 9.17) is 15.2 Å². The third-order valence-electron chi connectivity index (χ3n) is 2.62. The number of methoxy groups -OCH3 is 1. The van der Waals surface area contributed by atoms with E-state index in [0.29, 0.717) is 17.9 Å². The van der Waals surface area contributed by atoms with Gasteiger partial charge in [-0.15, -0.1) is 0 Å². The van der Waals surface area contributed by atoms with Crippen molar-refractivity contribution in [2.24, 2.45) is 5.73 Å². The maximum Gasteiger partial charge on any atom is 0.161 e. The van der Waals surface area contributed by atoms with Crippen LogP contribution in [0.25, 0.3) is 0 Å². The molecule has 2 atom stereocenters. The van der Waals surface area contributed by atoms with E-state index in [0.717, 1.165) is 5.56 Å². The Bertz CT molecular complexity index is 353. The lowest BCUT2D eigenvalue weighted by Gasteiger charge is -2.15. The standard InChI is InChI=1S/C13H21NO3/c1-4-11(15)8-17-12-6-5-10(9(2)14)7-13(12)16-3/h5-7,9,11,15H,4,8,14H2,1-3H3. The first-order valence-corrected chi connectivity index (χ1v) is 5.82. The number of hydrogen-bond acceptors (Lipinski definition) is 4. The summed E-state index contributed by atoms with van der Waals surface area (Å²) in [6.45, 7) is 4.09. The molecule has 0 bridgehead atoms. The molecule has 4 nitrogen and oxygen atoms in total. The minimum absolute atomic E-state index is 0.0424. The number of aliphatic hydroxyl groups excluding tert-OH is 1. The maximum absolute atomic E-state index is 9.44. The number of rotatable bonds is 6. The highest BCUT2D eigenvalue weighted by molar-refractivity contribution is 5.43. The highest BCUT2D eigenvalue weighted by atomic mass is 16.5. The topological polar surface area (TPSA) is 64.7 Å². The van der Waals surface area contributed by atoms with E-state index in [2.05, 4.69) is 0 Å². The van der Waals surface area contributed by atoms with Gasteiger partial charge in [-0.1, -0.05) is 13.0 Å². The van der Waals surface area contributed by atoms with Crippen molar-refractivity contribution in [3.63, 3.8) is 0 Å². The van der Waals surface area contributed by atoms with Crippen molar-refractivity contribution in [3.8, 4) is 11.5 Å². The molecule has 1 rings (SSSR count). The van der Waals surface area contributed by atoms with Crippen LogP contribution in [0.2, 0.25) is 0 Å². The number of nitrogens with two attached hydrogens (primary N) is 1. The van der Waals surface area contributed by atoms with Crippen LogP contribution in [-0.4, -0.2) is 24.9 Å². The van der Waals surface area contributed by atoms with Gasteiger partial charge in [-0.2, -0.15) is 0 Å². The van der Waals surface area contributed by atoms with Gasteiger partial charge >= 0.3 is 0 Å². The Balaban J connectivity index is 2.78. The van der Waals surface area contributed by atoms with Crippen LogP contribution in [0.15, 0.2) is 18.2 Å². The average Bonchev–Trinajstić information content (AvgIpc) is 2.35. The van der Waals surface area contributed by atoms with E-state index in [1.807, 2.05) is 32.0 Å². The number of aliphatic hydroxyl groups is 1. The molecule has 17 heavy (non-hydrogen) atoms. The number of benzene rings is 1. The summed E-state index contributed by atoms with van der Waals surface area (Å²) in [5, 5.41) is 9.44. The van der Waals surface area contributed by atoms with Crippen LogP contribution in [-0.2, 0) is 0 Å². The van der Waals surface area contributed by atoms with Gasteiger partial charge in [0.05, 0.1) is 13.2 Å². The van der Waals surface area contributed by atoms with Crippen LogP contribution in [0.5, 0.6) is 11.5 Å². The zero-order chi connectivity index (χ0) is 12.8. The van der Waals surface area contributed by atoms with Crippen molar-refractivity contribution >= 4 is 0 Å². The summed E-state index contributed by atoms with van der Waals surface area (Å²) in [4.78, 5) is 0. The van der Waals surface area contributed by atoms with Crippen LogP contribution in [0.4, 0.5) is 0 Å². The Kier molecular flexibility index (Phi) is 5.25. The molecule has 0 radical (unpaired) electrons. The fraction of sp³-hybridized carbons (Fsp3) is 0.538. The molecule has 0 aliphatic carbocycles. The van der Waals surface area contributed by atoms with Gasteiger partial charge in [-0.05, 0) is 31.0 Å².